The second-order valence-electron chi connectivity index (χ2n) is 8.64. The summed E-state index contributed by atoms with van der Waals surface area (Å²) < 4.78 is 5.71. The number of hydrogen-bond donors (Lipinski definition) is 1. The highest BCUT2D eigenvalue weighted by Crippen LogP contribution is 2.32. The Kier molecular flexibility index (Phi) is 5.74. The van der Waals surface area contributed by atoms with Crippen LogP contribution in [-0.2, 0) is 20.7 Å². The second-order valence-corrected chi connectivity index (χ2v) is 8.64. The van der Waals surface area contributed by atoms with E-state index in [4.69, 9.17) is 10.5 Å². The molecule has 2 fully saturated rings. The van der Waals surface area contributed by atoms with Gasteiger partial charge in [-0.2, -0.15) is 0 Å². The number of nitrogens with zero attached hydrogens (tertiary/aromatic N) is 2. The largest absolute Gasteiger partial charge is 0.369 e. The lowest BCUT2D eigenvalue weighted by Gasteiger charge is -2.40. The molecule has 1 aromatic rings. The molecule has 0 bridgehead atoms. The molecule has 0 saturated carbocycles. The molecule has 2 N–H and O–H groups in total. The van der Waals surface area contributed by atoms with Gasteiger partial charge in [0.1, 0.15) is 6.10 Å². The van der Waals surface area contributed by atoms with Crippen LogP contribution in [-0.4, -0.2) is 65.9 Å². The summed E-state index contributed by atoms with van der Waals surface area (Å²) >= 11 is 0. The van der Waals surface area contributed by atoms with E-state index in [0.29, 0.717) is 31.8 Å². The van der Waals surface area contributed by atoms with E-state index >= 15 is 0 Å². The molecule has 0 aliphatic carbocycles. The van der Waals surface area contributed by atoms with Crippen LogP contribution in [0.5, 0.6) is 0 Å². The molecule has 152 valence electrons. The molecular weight excluding hydrogens is 358 g/mol. The number of carbonyl (C=O) groups is 3. The Bertz CT molecular complexity index is 759. The normalized spacial score (nSPS) is 24.2. The molecule has 1 unspecified atom stereocenters. The average Bonchev–Trinajstić information content (AvgIpc) is 3.00. The molecule has 2 heterocycles. The Morgan fingerprint density at radius 2 is 1.86 bits per heavy atom. The number of rotatable bonds is 4. The number of nitrogens with two attached hydrogens (primary N) is 1. The van der Waals surface area contributed by atoms with Gasteiger partial charge in [-0.3, -0.25) is 14.4 Å². The Hall–Kier alpha value is -2.41. The van der Waals surface area contributed by atoms with Crippen molar-refractivity contribution in [3.63, 3.8) is 0 Å². The van der Waals surface area contributed by atoms with Crippen LogP contribution in [0, 0.1) is 5.41 Å². The highest BCUT2D eigenvalue weighted by Gasteiger charge is 2.40. The number of hydrogen-bond acceptors (Lipinski definition) is 4. The van der Waals surface area contributed by atoms with Crippen LogP contribution in [0.25, 0.3) is 0 Å². The molecule has 2 atom stereocenters. The summed E-state index contributed by atoms with van der Waals surface area (Å²) in [6.45, 7) is 8.27. The fourth-order valence-corrected chi connectivity index (χ4v) is 3.91. The summed E-state index contributed by atoms with van der Waals surface area (Å²) in [5.41, 5.74) is 6.58. The zero-order valence-corrected chi connectivity index (χ0v) is 16.8. The van der Waals surface area contributed by atoms with Gasteiger partial charge < -0.3 is 20.3 Å². The molecule has 2 saturated heterocycles. The van der Waals surface area contributed by atoms with Gasteiger partial charge in [0.2, 0.25) is 5.91 Å². The van der Waals surface area contributed by atoms with Crippen molar-refractivity contribution in [1.82, 2.24) is 9.80 Å². The van der Waals surface area contributed by atoms with Gasteiger partial charge in [0, 0.05) is 31.2 Å². The van der Waals surface area contributed by atoms with Gasteiger partial charge in [0.05, 0.1) is 13.0 Å². The van der Waals surface area contributed by atoms with Gasteiger partial charge in [0.15, 0.2) is 0 Å². The standard InChI is InChI=1S/C21H29N3O4/c1-14-12-23(19(26)16-6-4-15(5-7-16)10-18(22)25)8-9-24(14)20(27)17-11-21(2,3)13-28-17/h4-7,14,17H,8-13H2,1-3H3,(H2,22,25)/t14-,17?/m1/s1. The summed E-state index contributed by atoms with van der Waals surface area (Å²) in [5, 5.41) is 0. The van der Waals surface area contributed by atoms with Gasteiger partial charge in [-0.25, -0.2) is 0 Å². The first-order valence-corrected chi connectivity index (χ1v) is 9.75. The topological polar surface area (TPSA) is 92.9 Å². The molecule has 3 amide bonds. The number of piperazine rings is 1. The van der Waals surface area contributed by atoms with Crippen molar-refractivity contribution in [3.05, 3.63) is 35.4 Å². The highest BCUT2D eigenvalue weighted by atomic mass is 16.5. The maximum absolute atomic E-state index is 12.8. The Balaban J connectivity index is 1.59. The first-order chi connectivity index (χ1) is 13.2. The van der Waals surface area contributed by atoms with Gasteiger partial charge >= 0.3 is 0 Å². The lowest BCUT2D eigenvalue weighted by Crippen LogP contribution is -2.57. The molecule has 0 aromatic heterocycles. The van der Waals surface area contributed by atoms with Crippen LogP contribution < -0.4 is 5.73 Å². The number of primary amides is 1. The van der Waals surface area contributed by atoms with Crippen molar-refractivity contribution in [1.29, 1.82) is 0 Å². The molecule has 7 heteroatoms. The van der Waals surface area contributed by atoms with Crippen molar-refractivity contribution >= 4 is 17.7 Å². The minimum atomic E-state index is -0.400. The SMILES string of the molecule is C[C@@H]1CN(C(=O)c2ccc(CC(N)=O)cc2)CCN1C(=O)C1CC(C)(C)CO1. The van der Waals surface area contributed by atoms with E-state index in [1.807, 2.05) is 11.8 Å². The number of amides is 3. The predicted octanol–water partition coefficient (Wildman–Crippen LogP) is 1.20. The third-order valence-electron chi connectivity index (χ3n) is 5.47. The van der Waals surface area contributed by atoms with Crippen molar-refractivity contribution in [2.24, 2.45) is 11.1 Å². The molecular formula is C21H29N3O4. The van der Waals surface area contributed by atoms with Crippen molar-refractivity contribution in [3.8, 4) is 0 Å². The van der Waals surface area contributed by atoms with Crippen LogP contribution in [0.4, 0.5) is 0 Å². The third-order valence-corrected chi connectivity index (χ3v) is 5.47. The third kappa shape index (κ3) is 4.52. The van der Waals surface area contributed by atoms with E-state index in [2.05, 4.69) is 13.8 Å². The Morgan fingerprint density at radius 1 is 1.18 bits per heavy atom. The Labute approximate surface area is 165 Å². The zero-order chi connectivity index (χ0) is 20.5. The monoisotopic (exact) mass is 387 g/mol. The van der Waals surface area contributed by atoms with E-state index in [-0.39, 0.29) is 35.8 Å². The minimum absolute atomic E-state index is 0.0287. The molecule has 28 heavy (non-hydrogen) atoms. The zero-order valence-electron chi connectivity index (χ0n) is 16.8. The fourth-order valence-electron chi connectivity index (χ4n) is 3.91. The molecule has 0 radical (unpaired) electrons. The van der Waals surface area contributed by atoms with E-state index in [1.165, 1.54) is 0 Å². The van der Waals surface area contributed by atoms with Crippen molar-refractivity contribution in [2.75, 3.05) is 26.2 Å². The summed E-state index contributed by atoms with van der Waals surface area (Å²) in [7, 11) is 0. The molecule has 2 aliphatic rings. The summed E-state index contributed by atoms with van der Waals surface area (Å²) in [6, 6.07) is 6.88. The van der Waals surface area contributed by atoms with E-state index in [9.17, 15) is 14.4 Å². The molecule has 7 nitrogen and oxygen atoms in total. The van der Waals surface area contributed by atoms with Gasteiger partial charge in [-0.1, -0.05) is 26.0 Å². The lowest BCUT2D eigenvalue weighted by atomic mass is 9.90. The minimum Gasteiger partial charge on any atom is -0.369 e. The maximum Gasteiger partial charge on any atom is 0.253 e. The summed E-state index contributed by atoms with van der Waals surface area (Å²) in [4.78, 5) is 40.2. The average molecular weight is 387 g/mol. The fraction of sp³-hybridized carbons (Fsp3) is 0.571. The summed E-state index contributed by atoms with van der Waals surface area (Å²) in [6.07, 6.45) is 0.513. The second kappa shape index (κ2) is 7.91. The quantitative estimate of drug-likeness (QED) is 0.840. The van der Waals surface area contributed by atoms with Crippen LogP contribution in [0.15, 0.2) is 24.3 Å². The van der Waals surface area contributed by atoms with Crippen LogP contribution >= 0.6 is 0 Å². The molecule has 3 rings (SSSR count). The van der Waals surface area contributed by atoms with Crippen LogP contribution in [0.2, 0.25) is 0 Å². The molecule has 2 aliphatic heterocycles. The first-order valence-electron chi connectivity index (χ1n) is 9.75. The maximum atomic E-state index is 12.8. The first kappa shape index (κ1) is 20.3. The molecule has 0 spiro atoms. The Morgan fingerprint density at radius 3 is 2.39 bits per heavy atom. The predicted molar refractivity (Wildman–Crippen MR) is 105 cm³/mol. The van der Waals surface area contributed by atoms with Crippen LogP contribution in [0.1, 0.15) is 43.1 Å². The lowest BCUT2D eigenvalue weighted by molar-refractivity contribution is -0.145. The van der Waals surface area contributed by atoms with E-state index in [1.54, 1.807) is 29.2 Å². The number of benzene rings is 1. The molecule has 1 aromatic carbocycles. The van der Waals surface area contributed by atoms with Gasteiger partial charge in [0.25, 0.3) is 11.8 Å². The number of ether oxygens (including phenoxy) is 1. The van der Waals surface area contributed by atoms with E-state index in [0.717, 1.165) is 12.0 Å². The smallest absolute Gasteiger partial charge is 0.253 e. The van der Waals surface area contributed by atoms with Crippen molar-refractivity contribution < 1.29 is 19.1 Å². The highest BCUT2D eigenvalue weighted by molar-refractivity contribution is 5.94. The number of carbonyl (C=O) groups excluding carboxylic acids is 3. The van der Waals surface area contributed by atoms with Crippen molar-refractivity contribution in [2.45, 2.75) is 45.8 Å². The van der Waals surface area contributed by atoms with Crippen LogP contribution in [0.3, 0.4) is 0 Å². The van der Waals surface area contributed by atoms with Gasteiger partial charge in [-0.15, -0.1) is 0 Å². The van der Waals surface area contributed by atoms with Gasteiger partial charge in [-0.05, 0) is 36.5 Å². The van der Waals surface area contributed by atoms with E-state index < -0.39 is 5.91 Å². The summed E-state index contributed by atoms with van der Waals surface area (Å²) in [5.74, 6) is -0.438.